The van der Waals surface area contributed by atoms with E-state index >= 15 is 0 Å². The van der Waals surface area contributed by atoms with Crippen molar-refractivity contribution in [1.29, 1.82) is 0 Å². The van der Waals surface area contributed by atoms with Crippen molar-refractivity contribution in [1.82, 2.24) is 4.90 Å². The molecule has 130 valence electrons. The van der Waals surface area contributed by atoms with Gasteiger partial charge < -0.3 is 10.2 Å². The second-order valence-corrected chi connectivity index (χ2v) is 7.00. The van der Waals surface area contributed by atoms with Gasteiger partial charge in [-0.15, -0.1) is 0 Å². The van der Waals surface area contributed by atoms with E-state index in [0.29, 0.717) is 5.56 Å². The zero-order chi connectivity index (χ0) is 18.2. The number of aliphatic hydroxyl groups is 1. The lowest BCUT2D eigenvalue weighted by Crippen LogP contribution is -2.53. The Hall–Kier alpha value is -1.76. The van der Waals surface area contributed by atoms with Crippen molar-refractivity contribution in [3.05, 3.63) is 35.4 Å². The number of rotatable bonds is 3. The van der Waals surface area contributed by atoms with E-state index in [4.69, 9.17) is 0 Å². The standard InChI is InChI=1S/C16H22F3NO3/c1-14(2,3)20(13(21)22)12(15(4,5)23)10-6-8-11(9-7-10)16(17,18)19/h6-9,12,23H,1-5H3,(H,21,22). The molecule has 23 heavy (non-hydrogen) atoms. The van der Waals surface area contributed by atoms with Gasteiger partial charge >= 0.3 is 12.3 Å². The number of benzene rings is 1. The molecule has 0 fully saturated rings. The van der Waals surface area contributed by atoms with Crippen LogP contribution in [0.5, 0.6) is 0 Å². The summed E-state index contributed by atoms with van der Waals surface area (Å²) < 4.78 is 38.0. The van der Waals surface area contributed by atoms with Crippen molar-refractivity contribution in [3.8, 4) is 0 Å². The molecule has 1 rings (SSSR count). The number of nitrogens with zero attached hydrogens (tertiary/aromatic N) is 1. The van der Waals surface area contributed by atoms with Gasteiger partial charge in [-0.05, 0) is 52.3 Å². The maximum Gasteiger partial charge on any atom is 0.416 e. The molecule has 0 bridgehead atoms. The fraction of sp³-hybridized carbons (Fsp3) is 0.562. The Balaban J connectivity index is 3.41. The fourth-order valence-electron chi connectivity index (χ4n) is 2.51. The van der Waals surface area contributed by atoms with E-state index in [-0.39, 0.29) is 0 Å². The van der Waals surface area contributed by atoms with E-state index in [0.717, 1.165) is 17.0 Å². The van der Waals surface area contributed by atoms with E-state index in [2.05, 4.69) is 0 Å². The van der Waals surface area contributed by atoms with E-state index < -0.39 is 35.0 Å². The maximum atomic E-state index is 12.7. The van der Waals surface area contributed by atoms with Crippen LogP contribution in [-0.4, -0.2) is 32.3 Å². The molecule has 4 nitrogen and oxygen atoms in total. The van der Waals surface area contributed by atoms with Crippen molar-refractivity contribution in [2.45, 2.75) is 58.0 Å². The Bertz CT molecular complexity index is 554. The highest BCUT2D eigenvalue weighted by molar-refractivity contribution is 5.67. The van der Waals surface area contributed by atoms with E-state index in [9.17, 15) is 28.2 Å². The van der Waals surface area contributed by atoms with Gasteiger partial charge in [0, 0.05) is 5.54 Å². The molecule has 1 unspecified atom stereocenters. The summed E-state index contributed by atoms with van der Waals surface area (Å²) in [5, 5.41) is 19.9. The Kier molecular flexibility index (Phi) is 5.06. The number of amides is 1. The molecule has 0 aliphatic carbocycles. The molecular formula is C16H22F3NO3. The normalized spacial score (nSPS) is 14.5. The van der Waals surface area contributed by atoms with Crippen LogP contribution in [0.25, 0.3) is 0 Å². The lowest BCUT2D eigenvalue weighted by molar-refractivity contribution is -0.137. The third-order valence-corrected chi connectivity index (χ3v) is 3.41. The van der Waals surface area contributed by atoms with Gasteiger partial charge in [0.15, 0.2) is 0 Å². The molecule has 0 saturated heterocycles. The number of hydrogen-bond acceptors (Lipinski definition) is 2. The van der Waals surface area contributed by atoms with Crippen LogP contribution in [0.1, 0.15) is 51.8 Å². The summed E-state index contributed by atoms with van der Waals surface area (Å²) in [6.07, 6.45) is -5.73. The van der Waals surface area contributed by atoms with Crippen molar-refractivity contribution < 1.29 is 28.2 Å². The van der Waals surface area contributed by atoms with Gasteiger partial charge in [-0.2, -0.15) is 13.2 Å². The highest BCUT2D eigenvalue weighted by atomic mass is 19.4. The Morgan fingerprint density at radius 3 is 1.74 bits per heavy atom. The molecule has 0 saturated carbocycles. The van der Waals surface area contributed by atoms with Crippen LogP contribution in [-0.2, 0) is 6.18 Å². The van der Waals surface area contributed by atoms with Gasteiger partial charge in [0.2, 0.25) is 0 Å². The van der Waals surface area contributed by atoms with Crippen molar-refractivity contribution in [2.75, 3.05) is 0 Å². The first-order valence-corrected chi connectivity index (χ1v) is 7.07. The van der Waals surface area contributed by atoms with Crippen LogP contribution in [0, 0.1) is 0 Å². The molecule has 7 heteroatoms. The minimum absolute atomic E-state index is 0.294. The van der Waals surface area contributed by atoms with Gasteiger partial charge in [-0.25, -0.2) is 4.79 Å². The van der Waals surface area contributed by atoms with Gasteiger partial charge in [0.25, 0.3) is 0 Å². The second kappa shape index (κ2) is 6.03. The second-order valence-electron chi connectivity index (χ2n) is 7.00. The summed E-state index contributed by atoms with van der Waals surface area (Å²) in [4.78, 5) is 12.7. The lowest BCUT2D eigenvalue weighted by Gasteiger charge is -2.45. The summed E-state index contributed by atoms with van der Waals surface area (Å²) >= 11 is 0. The van der Waals surface area contributed by atoms with Crippen molar-refractivity contribution in [2.24, 2.45) is 0 Å². The van der Waals surface area contributed by atoms with Crippen LogP contribution in [0.15, 0.2) is 24.3 Å². The van der Waals surface area contributed by atoms with Crippen LogP contribution in [0.3, 0.4) is 0 Å². The SMILES string of the molecule is CC(C)(O)C(c1ccc(C(F)(F)F)cc1)N(C(=O)O)C(C)(C)C. The fourth-order valence-corrected chi connectivity index (χ4v) is 2.51. The Morgan fingerprint density at radius 1 is 1.04 bits per heavy atom. The quantitative estimate of drug-likeness (QED) is 0.867. The van der Waals surface area contributed by atoms with Crippen LogP contribution in [0.4, 0.5) is 18.0 Å². The molecule has 2 N–H and O–H groups in total. The number of hydrogen-bond donors (Lipinski definition) is 2. The third kappa shape index (κ3) is 4.60. The maximum absolute atomic E-state index is 12.7. The van der Waals surface area contributed by atoms with Gasteiger partial charge in [-0.1, -0.05) is 12.1 Å². The smallest absolute Gasteiger partial charge is 0.416 e. The lowest BCUT2D eigenvalue weighted by atomic mass is 9.87. The molecule has 0 aliphatic heterocycles. The first-order valence-electron chi connectivity index (χ1n) is 7.07. The molecule has 0 aromatic heterocycles. The van der Waals surface area contributed by atoms with Crippen molar-refractivity contribution >= 4 is 6.09 Å². The molecule has 1 amide bonds. The molecule has 0 heterocycles. The average Bonchev–Trinajstić information content (AvgIpc) is 2.31. The molecule has 1 aromatic rings. The van der Waals surface area contributed by atoms with E-state index in [1.54, 1.807) is 20.8 Å². The third-order valence-electron chi connectivity index (χ3n) is 3.41. The van der Waals surface area contributed by atoms with Gasteiger partial charge in [0.05, 0.1) is 17.2 Å². The highest BCUT2D eigenvalue weighted by Gasteiger charge is 2.42. The van der Waals surface area contributed by atoms with Gasteiger partial charge in [0.1, 0.15) is 0 Å². The van der Waals surface area contributed by atoms with Crippen LogP contribution >= 0.6 is 0 Å². The minimum Gasteiger partial charge on any atom is -0.465 e. The molecule has 1 atom stereocenters. The first kappa shape index (κ1) is 19.3. The molecular weight excluding hydrogens is 311 g/mol. The molecule has 0 spiro atoms. The summed E-state index contributed by atoms with van der Waals surface area (Å²) in [6.45, 7) is 7.83. The summed E-state index contributed by atoms with van der Waals surface area (Å²) in [6, 6.07) is 3.16. The number of carbonyl (C=O) groups is 1. The zero-order valence-corrected chi connectivity index (χ0v) is 13.8. The van der Waals surface area contributed by atoms with Crippen LogP contribution in [0.2, 0.25) is 0 Å². The molecule has 0 aliphatic rings. The average molecular weight is 333 g/mol. The Labute approximate surface area is 133 Å². The highest BCUT2D eigenvalue weighted by Crippen LogP contribution is 2.38. The zero-order valence-electron chi connectivity index (χ0n) is 13.8. The predicted molar refractivity (Wildman–Crippen MR) is 80.1 cm³/mol. The largest absolute Gasteiger partial charge is 0.465 e. The molecule has 0 radical (unpaired) electrons. The topological polar surface area (TPSA) is 60.8 Å². The molecule has 1 aromatic carbocycles. The van der Waals surface area contributed by atoms with Gasteiger partial charge in [-0.3, -0.25) is 4.90 Å². The van der Waals surface area contributed by atoms with E-state index in [1.165, 1.54) is 26.0 Å². The number of carboxylic acid groups (broad SMARTS) is 1. The minimum atomic E-state index is -4.47. The first-order chi connectivity index (χ1) is 10.2. The van der Waals surface area contributed by atoms with E-state index in [1.807, 2.05) is 0 Å². The number of halogens is 3. The summed E-state index contributed by atoms with van der Waals surface area (Å²) in [5.74, 6) is 0. The van der Waals surface area contributed by atoms with Crippen LogP contribution < -0.4 is 0 Å². The monoisotopic (exact) mass is 333 g/mol. The number of alkyl halides is 3. The Morgan fingerprint density at radius 2 is 1.48 bits per heavy atom. The summed E-state index contributed by atoms with van der Waals surface area (Å²) in [5.41, 5.74) is -2.86. The summed E-state index contributed by atoms with van der Waals surface area (Å²) in [7, 11) is 0. The van der Waals surface area contributed by atoms with Crippen molar-refractivity contribution in [3.63, 3.8) is 0 Å². The predicted octanol–water partition coefficient (Wildman–Crippen LogP) is 4.30.